The van der Waals surface area contributed by atoms with Crippen LogP contribution < -0.4 is 0 Å². The minimum Gasteiger partial charge on any atom is -0.502 e. The van der Waals surface area contributed by atoms with E-state index in [2.05, 4.69) is 0 Å². The minimum absolute atomic E-state index is 0.330. The Balaban J connectivity index is 2.52. The molecule has 0 radical (unpaired) electrons. The quantitative estimate of drug-likeness (QED) is 0.603. The van der Waals surface area contributed by atoms with Gasteiger partial charge in [0.05, 0.1) is 11.2 Å². The van der Waals surface area contributed by atoms with E-state index in [9.17, 15) is 15.2 Å². The van der Waals surface area contributed by atoms with E-state index < -0.39 is 4.92 Å². The van der Waals surface area contributed by atoms with E-state index in [-0.39, 0.29) is 11.4 Å². The molecule has 76 valence electrons. The zero-order valence-electron chi connectivity index (χ0n) is 7.58. The van der Waals surface area contributed by atoms with Crippen molar-refractivity contribution in [3.05, 3.63) is 46.7 Å². The van der Waals surface area contributed by atoms with Crippen molar-refractivity contribution in [2.45, 2.75) is 0 Å². The van der Waals surface area contributed by atoms with Gasteiger partial charge in [-0.3, -0.25) is 10.1 Å². The summed E-state index contributed by atoms with van der Waals surface area (Å²) >= 11 is 0. The van der Waals surface area contributed by atoms with Crippen molar-refractivity contribution in [1.82, 2.24) is 0 Å². The first-order valence-corrected chi connectivity index (χ1v) is 4.20. The molecule has 5 heteroatoms. The van der Waals surface area contributed by atoms with Gasteiger partial charge in [0, 0.05) is 11.6 Å². The summed E-state index contributed by atoms with van der Waals surface area (Å²) in [5.74, 6) is 0.174. The largest absolute Gasteiger partial charge is 0.502 e. The number of phenols is 1. The van der Waals surface area contributed by atoms with Crippen LogP contribution in [0.3, 0.4) is 0 Å². The van der Waals surface area contributed by atoms with Crippen molar-refractivity contribution >= 4 is 5.69 Å². The molecule has 5 nitrogen and oxygen atoms in total. The molecule has 1 aromatic heterocycles. The Bertz CT molecular complexity index is 490. The first-order chi connectivity index (χ1) is 7.18. The third kappa shape index (κ3) is 1.67. The van der Waals surface area contributed by atoms with Crippen LogP contribution in [0, 0.1) is 10.1 Å². The zero-order valence-corrected chi connectivity index (χ0v) is 7.58. The lowest BCUT2D eigenvalue weighted by Crippen LogP contribution is -1.88. The van der Waals surface area contributed by atoms with Crippen molar-refractivity contribution in [1.29, 1.82) is 0 Å². The van der Waals surface area contributed by atoms with Gasteiger partial charge >= 0.3 is 5.69 Å². The molecule has 2 rings (SSSR count). The fraction of sp³-hybridized carbons (Fsp3) is 0. The SMILES string of the molecule is O=[N+]([O-])c1cc(-c2ccco2)ccc1O. The molecule has 0 aliphatic heterocycles. The summed E-state index contributed by atoms with van der Waals surface area (Å²) in [5.41, 5.74) is 0.230. The van der Waals surface area contributed by atoms with E-state index in [1.807, 2.05) is 0 Å². The predicted molar refractivity (Wildman–Crippen MR) is 52.5 cm³/mol. The molecule has 0 saturated heterocycles. The molecule has 0 aliphatic rings. The minimum atomic E-state index is -0.637. The van der Waals surface area contributed by atoms with E-state index in [4.69, 9.17) is 4.42 Å². The first-order valence-electron chi connectivity index (χ1n) is 4.20. The molecule has 0 atom stereocenters. The van der Waals surface area contributed by atoms with Crippen LogP contribution in [-0.4, -0.2) is 10.0 Å². The lowest BCUT2D eigenvalue weighted by molar-refractivity contribution is -0.385. The highest BCUT2D eigenvalue weighted by Crippen LogP contribution is 2.31. The second-order valence-corrected chi connectivity index (χ2v) is 2.94. The van der Waals surface area contributed by atoms with Gasteiger partial charge in [-0.25, -0.2) is 0 Å². The van der Waals surface area contributed by atoms with Crippen LogP contribution in [-0.2, 0) is 0 Å². The summed E-state index contributed by atoms with van der Waals surface area (Å²) < 4.78 is 5.09. The molecular weight excluding hydrogens is 198 g/mol. The normalized spacial score (nSPS) is 10.1. The van der Waals surface area contributed by atoms with Crippen molar-refractivity contribution < 1.29 is 14.4 Å². The summed E-state index contributed by atoms with van der Waals surface area (Å²) in [6.07, 6.45) is 1.48. The molecule has 0 fully saturated rings. The number of nitro groups is 1. The van der Waals surface area contributed by atoms with Crippen LogP contribution >= 0.6 is 0 Å². The summed E-state index contributed by atoms with van der Waals surface area (Å²) in [6, 6.07) is 7.48. The third-order valence-corrected chi connectivity index (χ3v) is 1.98. The van der Waals surface area contributed by atoms with Crippen LogP contribution in [0.5, 0.6) is 5.75 Å². The number of nitro benzene ring substituents is 1. The lowest BCUT2D eigenvalue weighted by atomic mass is 10.1. The van der Waals surface area contributed by atoms with Crippen LogP contribution in [0.25, 0.3) is 11.3 Å². The molecule has 1 aromatic carbocycles. The van der Waals surface area contributed by atoms with E-state index in [1.165, 1.54) is 18.4 Å². The van der Waals surface area contributed by atoms with Gasteiger partial charge in [0.1, 0.15) is 5.76 Å². The zero-order chi connectivity index (χ0) is 10.8. The number of benzene rings is 1. The van der Waals surface area contributed by atoms with Crippen LogP contribution in [0.1, 0.15) is 0 Å². The smallest absolute Gasteiger partial charge is 0.311 e. The average molecular weight is 205 g/mol. The fourth-order valence-electron chi connectivity index (χ4n) is 1.27. The fourth-order valence-corrected chi connectivity index (χ4v) is 1.27. The molecule has 1 heterocycles. The molecular formula is C10H7NO4. The van der Waals surface area contributed by atoms with Crippen LogP contribution in [0.4, 0.5) is 5.69 Å². The van der Waals surface area contributed by atoms with E-state index in [0.717, 1.165) is 0 Å². The lowest BCUT2D eigenvalue weighted by Gasteiger charge is -1.98. The van der Waals surface area contributed by atoms with Gasteiger partial charge in [-0.2, -0.15) is 0 Å². The Hall–Kier alpha value is -2.30. The van der Waals surface area contributed by atoms with Crippen molar-refractivity contribution in [2.75, 3.05) is 0 Å². The molecule has 1 N–H and O–H groups in total. The van der Waals surface area contributed by atoms with Gasteiger partial charge in [-0.05, 0) is 24.3 Å². The second kappa shape index (κ2) is 3.45. The van der Waals surface area contributed by atoms with Crippen LogP contribution in [0.2, 0.25) is 0 Å². The summed E-state index contributed by atoms with van der Waals surface area (Å²) in [5, 5.41) is 19.8. The summed E-state index contributed by atoms with van der Waals surface area (Å²) in [6.45, 7) is 0. The summed E-state index contributed by atoms with van der Waals surface area (Å²) in [7, 11) is 0. The highest BCUT2D eigenvalue weighted by atomic mass is 16.6. The number of rotatable bonds is 2. The molecule has 0 saturated carbocycles. The maximum atomic E-state index is 10.6. The second-order valence-electron chi connectivity index (χ2n) is 2.94. The highest BCUT2D eigenvalue weighted by molar-refractivity contribution is 5.64. The highest BCUT2D eigenvalue weighted by Gasteiger charge is 2.14. The maximum absolute atomic E-state index is 10.6. The Kier molecular flexibility index (Phi) is 2.13. The monoisotopic (exact) mass is 205 g/mol. The van der Waals surface area contributed by atoms with E-state index >= 15 is 0 Å². The Morgan fingerprint density at radius 3 is 2.73 bits per heavy atom. The number of furan rings is 1. The maximum Gasteiger partial charge on any atom is 0.311 e. The molecule has 0 unspecified atom stereocenters. The average Bonchev–Trinajstić information content (AvgIpc) is 2.71. The predicted octanol–water partition coefficient (Wildman–Crippen LogP) is 2.56. The first kappa shape index (κ1) is 9.26. The van der Waals surface area contributed by atoms with Gasteiger partial charge in [0.15, 0.2) is 5.75 Å². The Morgan fingerprint density at radius 2 is 2.13 bits per heavy atom. The van der Waals surface area contributed by atoms with Crippen molar-refractivity contribution in [3.8, 4) is 17.1 Å². The van der Waals surface area contributed by atoms with E-state index in [1.54, 1.807) is 18.2 Å². The standard InChI is InChI=1S/C10H7NO4/c12-9-4-3-7(6-8(9)11(13)14)10-2-1-5-15-10/h1-6,12H. The van der Waals surface area contributed by atoms with Gasteiger partial charge in [-0.15, -0.1) is 0 Å². The van der Waals surface area contributed by atoms with Gasteiger partial charge < -0.3 is 9.52 Å². The summed E-state index contributed by atoms with van der Waals surface area (Å²) in [4.78, 5) is 9.92. The Labute approximate surface area is 84.7 Å². The Morgan fingerprint density at radius 1 is 1.33 bits per heavy atom. The third-order valence-electron chi connectivity index (χ3n) is 1.98. The van der Waals surface area contributed by atoms with Gasteiger partial charge in [0.25, 0.3) is 0 Å². The topological polar surface area (TPSA) is 76.5 Å². The number of hydrogen-bond donors (Lipinski definition) is 1. The van der Waals surface area contributed by atoms with Crippen molar-refractivity contribution in [2.24, 2.45) is 0 Å². The molecule has 0 amide bonds. The molecule has 0 aliphatic carbocycles. The molecule has 0 spiro atoms. The number of hydrogen-bond acceptors (Lipinski definition) is 4. The number of nitrogens with zero attached hydrogens (tertiary/aromatic N) is 1. The number of aromatic hydroxyl groups is 1. The molecule has 2 aromatic rings. The van der Waals surface area contributed by atoms with Crippen molar-refractivity contribution in [3.63, 3.8) is 0 Å². The van der Waals surface area contributed by atoms with Gasteiger partial charge in [-0.1, -0.05) is 0 Å². The molecule has 15 heavy (non-hydrogen) atoms. The van der Waals surface area contributed by atoms with E-state index in [0.29, 0.717) is 11.3 Å². The van der Waals surface area contributed by atoms with Gasteiger partial charge in [0.2, 0.25) is 0 Å². The number of phenolic OH excluding ortho intramolecular Hbond substituents is 1. The molecule has 0 bridgehead atoms. The van der Waals surface area contributed by atoms with Crippen LogP contribution in [0.15, 0.2) is 41.0 Å².